The maximum atomic E-state index is 15.5. The van der Waals surface area contributed by atoms with E-state index >= 15 is 4.39 Å². The SMILES string of the molecule is COC(=O)CN[C@@H]1CCCn2nc(C(=O)Nc3cccc(-c4cccc(-c5cc(F)c(CNC[C@@H]6CCC(=O)N6)c(OC)c5)c4Cl)c3Cl)cc21. The van der Waals surface area contributed by atoms with Crippen molar-refractivity contribution in [2.45, 2.75) is 50.9 Å². The number of hydrogen-bond donors (Lipinski definition) is 4. The first-order chi connectivity index (χ1) is 24.2. The van der Waals surface area contributed by atoms with E-state index in [9.17, 15) is 14.4 Å². The number of methoxy groups -OCH3 is 2. The topological polar surface area (TPSA) is 136 Å². The van der Waals surface area contributed by atoms with Gasteiger partial charge in [0, 0.05) is 60.4 Å². The molecule has 0 saturated carbocycles. The van der Waals surface area contributed by atoms with E-state index in [0.29, 0.717) is 63.8 Å². The summed E-state index contributed by atoms with van der Waals surface area (Å²) in [5, 5.41) is 17.3. The second-order valence-corrected chi connectivity index (χ2v) is 12.9. The molecule has 1 saturated heterocycles. The third-order valence-corrected chi connectivity index (χ3v) is 9.80. The van der Waals surface area contributed by atoms with Crippen LogP contribution in [0.5, 0.6) is 5.75 Å². The number of aryl methyl sites for hydroxylation is 1. The molecule has 11 nitrogen and oxygen atoms in total. The highest BCUT2D eigenvalue weighted by molar-refractivity contribution is 6.39. The van der Waals surface area contributed by atoms with E-state index in [4.69, 9.17) is 32.7 Å². The van der Waals surface area contributed by atoms with Crippen molar-refractivity contribution in [3.63, 3.8) is 0 Å². The van der Waals surface area contributed by atoms with Crippen molar-refractivity contribution in [1.29, 1.82) is 0 Å². The van der Waals surface area contributed by atoms with Crippen LogP contribution in [-0.2, 0) is 27.4 Å². The number of nitrogens with zero attached hydrogens (tertiary/aromatic N) is 2. The summed E-state index contributed by atoms with van der Waals surface area (Å²) in [6, 6.07) is 15.4. The maximum Gasteiger partial charge on any atom is 0.319 e. The molecule has 262 valence electrons. The number of esters is 1. The minimum Gasteiger partial charge on any atom is -0.496 e. The van der Waals surface area contributed by atoms with Gasteiger partial charge in [-0.2, -0.15) is 5.10 Å². The van der Waals surface area contributed by atoms with Crippen molar-refractivity contribution in [2.75, 3.05) is 32.6 Å². The van der Waals surface area contributed by atoms with Gasteiger partial charge in [0.2, 0.25) is 5.91 Å². The van der Waals surface area contributed by atoms with Crippen LogP contribution in [0.15, 0.2) is 54.6 Å². The van der Waals surface area contributed by atoms with Crippen molar-refractivity contribution in [3.05, 3.63) is 87.4 Å². The molecule has 1 aromatic heterocycles. The van der Waals surface area contributed by atoms with Gasteiger partial charge in [-0.25, -0.2) is 4.39 Å². The Hall–Kier alpha value is -4.49. The third kappa shape index (κ3) is 7.63. The molecule has 0 bridgehead atoms. The molecule has 2 aliphatic rings. The standard InChI is InChI=1S/C36H37Cl2FN6O5/c1-49-31-15-20(14-26(39)25(31)18-40-17-21-11-12-32(46)42-21)22-6-3-7-23(34(22)37)24-8-4-9-28(35(24)38)43-36(48)29-16-30-27(41-19-33(47)50-2)10-5-13-45(30)44-29/h3-4,6-9,14-16,21,27,40-41H,5,10-13,17-19H2,1-2H3,(H,42,46)(H,43,48)/t21-,27+/m0/s1. The number of aromatic nitrogens is 2. The molecule has 6 rings (SSSR count). The molecule has 3 heterocycles. The highest BCUT2D eigenvalue weighted by Crippen LogP contribution is 2.42. The largest absolute Gasteiger partial charge is 0.496 e. The molecular weight excluding hydrogens is 686 g/mol. The molecular formula is C36H37Cl2FN6O5. The minimum absolute atomic E-state index is 0.0165. The van der Waals surface area contributed by atoms with Crippen molar-refractivity contribution in [3.8, 4) is 28.0 Å². The number of nitrogens with one attached hydrogen (secondary N) is 4. The van der Waals surface area contributed by atoms with Crippen LogP contribution in [0.1, 0.15) is 53.5 Å². The Labute approximate surface area is 298 Å². The van der Waals surface area contributed by atoms with E-state index in [1.165, 1.54) is 20.3 Å². The Balaban J connectivity index is 1.20. The van der Waals surface area contributed by atoms with Gasteiger partial charge >= 0.3 is 5.97 Å². The van der Waals surface area contributed by atoms with Crippen molar-refractivity contribution >= 4 is 46.7 Å². The number of halogens is 3. The number of ether oxygens (including phenoxy) is 2. The molecule has 0 unspecified atom stereocenters. The lowest BCUT2D eigenvalue weighted by atomic mass is 9.97. The number of carbonyl (C=O) groups is 3. The van der Waals surface area contributed by atoms with Crippen LogP contribution in [0.4, 0.5) is 10.1 Å². The zero-order valence-electron chi connectivity index (χ0n) is 27.6. The zero-order chi connectivity index (χ0) is 35.4. The van der Waals surface area contributed by atoms with Gasteiger partial charge in [0.05, 0.1) is 42.2 Å². The summed E-state index contributed by atoms with van der Waals surface area (Å²) >= 11 is 13.9. The third-order valence-electron chi connectivity index (χ3n) is 8.98. The normalized spacial score (nSPS) is 16.9. The predicted octanol–water partition coefficient (Wildman–Crippen LogP) is 5.89. The number of rotatable bonds is 12. The van der Waals surface area contributed by atoms with Crippen LogP contribution >= 0.6 is 23.2 Å². The Kier molecular flexibility index (Phi) is 11.0. The van der Waals surface area contributed by atoms with E-state index in [-0.39, 0.29) is 47.8 Å². The summed E-state index contributed by atoms with van der Waals surface area (Å²) in [6.45, 7) is 1.44. The second kappa shape index (κ2) is 15.6. The van der Waals surface area contributed by atoms with Crippen LogP contribution < -0.4 is 26.0 Å². The molecule has 2 amide bonds. The second-order valence-electron chi connectivity index (χ2n) is 12.2. The zero-order valence-corrected chi connectivity index (χ0v) is 29.1. The van der Waals surface area contributed by atoms with Gasteiger partial charge < -0.3 is 25.4 Å². The molecule has 0 aliphatic carbocycles. The summed E-state index contributed by atoms with van der Waals surface area (Å²) < 4.78 is 27.6. The summed E-state index contributed by atoms with van der Waals surface area (Å²) in [7, 11) is 2.82. The van der Waals surface area contributed by atoms with E-state index in [0.717, 1.165) is 25.0 Å². The number of amides is 2. The van der Waals surface area contributed by atoms with Crippen LogP contribution in [0.25, 0.3) is 22.3 Å². The monoisotopic (exact) mass is 722 g/mol. The fraction of sp³-hybridized carbons (Fsp3) is 0.333. The van der Waals surface area contributed by atoms with Gasteiger partial charge in [-0.1, -0.05) is 53.5 Å². The summed E-state index contributed by atoms with van der Waals surface area (Å²) in [5.74, 6) is -0.892. The van der Waals surface area contributed by atoms with E-state index in [1.54, 1.807) is 53.2 Å². The fourth-order valence-electron chi connectivity index (χ4n) is 6.39. The molecule has 4 aromatic rings. The lowest BCUT2D eigenvalue weighted by molar-refractivity contribution is -0.139. The molecule has 2 atom stereocenters. The highest BCUT2D eigenvalue weighted by atomic mass is 35.5. The molecule has 50 heavy (non-hydrogen) atoms. The average molecular weight is 724 g/mol. The van der Waals surface area contributed by atoms with Gasteiger partial charge in [0.25, 0.3) is 5.91 Å². The lowest BCUT2D eigenvalue weighted by Crippen LogP contribution is -2.35. The molecule has 2 aliphatic heterocycles. The van der Waals surface area contributed by atoms with E-state index in [2.05, 4.69) is 26.4 Å². The lowest BCUT2D eigenvalue weighted by Gasteiger charge is -2.24. The average Bonchev–Trinajstić information content (AvgIpc) is 3.75. The van der Waals surface area contributed by atoms with Crippen LogP contribution in [-0.4, -0.2) is 60.9 Å². The van der Waals surface area contributed by atoms with Crippen molar-refractivity contribution in [2.24, 2.45) is 0 Å². The van der Waals surface area contributed by atoms with Gasteiger partial charge in [0.15, 0.2) is 5.69 Å². The van der Waals surface area contributed by atoms with E-state index < -0.39 is 11.7 Å². The number of anilines is 1. The van der Waals surface area contributed by atoms with Crippen molar-refractivity contribution < 1.29 is 28.2 Å². The maximum absolute atomic E-state index is 15.5. The fourth-order valence-corrected chi connectivity index (χ4v) is 7.00. The molecule has 1 fully saturated rings. The molecule has 3 aromatic carbocycles. The number of carbonyl (C=O) groups excluding carboxylic acids is 3. The first-order valence-electron chi connectivity index (χ1n) is 16.3. The predicted molar refractivity (Wildman–Crippen MR) is 189 cm³/mol. The Morgan fingerprint density at radius 1 is 1.04 bits per heavy atom. The number of benzene rings is 3. The number of hydrogen-bond acceptors (Lipinski definition) is 8. The summed E-state index contributed by atoms with van der Waals surface area (Å²) in [4.78, 5) is 36.5. The molecule has 14 heteroatoms. The van der Waals surface area contributed by atoms with Gasteiger partial charge in [-0.3, -0.25) is 24.4 Å². The quantitative estimate of drug-likeness (QED) is 0.133. The van der Waals surface area contributed by atoms with Gasteiger partial charge in [-0.15, -0.1) is 0 Å². The Bertz CT molecular complexity index is 1940. The van der Waals surface area contributed by atoms with Crippen LogP contribution in [0.2, 0.25) is 10.0 Å². The first kappa shape index (κ1) is 35.3. The first-order valence-corrected chi connectivity index (χ1v) is 17.1. The highest BCUT2D eigenvalue weighted by Gasteiger charge is 2.26. The molecule has 0 spiro atoms. The Morgan fingerprint density at radius 2 is 1.80 bits per heavy atom. The van der Waals surface area contributed by atoms with Crippen LogP contribution in [0.3, 0.4) is 0 Å². The summed E-state index contributed by atoms with van der Waals surface area (Å²) in [6.07, 6.45) is 2.87. The van der Waals surface area contributed by atoms with Gasteiger partial charge in [0.1, 0.15) is 11.6 Å². The molecule has 0 radical (unpaired) electrons. The molecule has 4 N–H and O–H groups in total. The number of fused-ring (bicyclic) bond motifs is 1. The van der Waals surface area contributed by atoms with E-state index in [1.807, 2.05) is 0 Å². The smallest absolute Gasteiger partial charge is 0.319 e. The van der Waals surface area contributed by atoms with Gasteiger partial charge in [-0.05, 0) is 49.1 Å². The van der Waals surface area contributed by atoms with Crippen molar-refractivity contribution in [1.82, 2.24) is 25.7 Å². The Morgan fingerprint density at radius 3 is 2.54 bits per heavy atom. The summed E-state index contributed by atoms with van der Waals surface area (Å²) in [5.41, 5.74) is 4.00. The van der Waals surface area contributed by atoms with Crippen LogP contribution in [0, 0.1) is 5.82 Å². The minimum atomic E-state index is -0.460.